The third kappa shape index (κ3) is 3.34. The van der Waals surface area contributed by atoms with Gasteiger partial charge in [0.1, 0.15) is 0 Å². The summed E-state index contributed by atoms with van der Waals surface area (Å²) in [4.78, 5) is 29.1. The Labute approximate surface area is 175 Å². The number of fused-ring (bicyclic) bond motifs is 1. The lowest BCUT2D eigenvalue weighted by Crippen LogP contribution is -2.45. The molecule has 28 heavy (non-hydrogen) atoms. The third-order valence-electron chi connectivity index (χ3n) is 5.73. The van der Waals surface area contributed by atoms with Crippen LogP contribution in [-0.4, -0.2) is 30.3 Å². The summed E-state index contributed by atoms with van der Waals surface area (Å²) in [7, 11) is 2.04. The smallest absolute Gasteiger partial charge is 0.236 e. The zero-order chi connectivity index (χ0) is 20.0. The van der Waals surface area contributed by atoms with Crippen molar-refractivity contribution < 1.29 is 9.59 Å². The van der Waals surface area contributed by atoms with Crippen LogP contribution >= 0.6 is 23.2 Å². The number of carbonyl (C=O) groups excluding carboxylic acids is 2. The standard InChI is InChI=1S/C22H22Cl2N2O2/c1-13-7-8-21(27)26(22(13)28)20-6-4-3-5-15(20)17-11-25(2)12-18-16(17)9-14(23)10-19(18)24/h3-6,9-10,13,17H,7-8,11-12H2,1-2H3/t13-,17+/m1/s1. The number of benzene rings is 2. The van der Waals surface area contributed by atoms with Crippen LogP contribution in [0.5, 0.6) is 0 Å². The Kier molecular flexibility index (Phi) is 5.21. The number of nitrogens with zero attached hydrogens (tertiary/aromatic N) is 2. The van der Waals surface area contributed by atoms with Gasteiger partial charge in [-0.05, 0) is 48.4 Å². The van der Waals surface area contributed by atoms with Gasteiger partial charge in [-0.15, -0.1) is 0 Å². The van der Waals surface area contributed by atoms with E-state index in [0.717, 1.165) is 29.8 Å². The van der Waals surface area contributed by atoms with Crippen LogP contribution in [0.25, 0.3) is 0 Å². The van der Waals surface area contributed by atoms with Gasteiger partial charge >= 0.3 is 0 Å². The maximum absolute atomic E-state index is 12.8. The predicted octanol–water partition coefficient (Wildman–Crippen LogP) is 4.86. The molecule has 0 saturated carbocycles. The summed E-state index contributed by atoms with van der Waals surface area (Å²) in [5.74, 6) is -0.448. The molecule has 0 bridgehead atoms. The molecule has 0 unspecified atom stereocenters. The Morgan fingerprint density at radius 3 is 2.61 bits per heavy atom. The number of hydrogen-bond acceptors (Lipinski definition) is 3. The molecule has 1 fully saturated rings. The van der Waals surface area contributed by atoms with Gasteiger partial charge in [0.2, 0.25) is 11.8 Å². The second kappa shape index (κ2) is 7.51. The van der Waals surface area contributed by atoms with Crippen LogP contribution in [-0.2, 0) is 16.1 Å². The molecule has 6 heteroatoms. The number of rotatable bonds is 2. The molecule has 0 aromatic heterocycles. The first kappa shape index (κ1) is 19.4. The number of halogens is 2. The lowest BCUT2D eigenvalue weighted by atomic mass is 9.83. The first-order chi connectivity index (χ1) is 13.4. The quantitative estimate of drug-likeness (QED) is 0.656. The van der Waals surface area contributed by atoms with Gasteiger partial charge in [0.05, 0.1) is 5.69 Å². The Morgan fingerprint density at radius 1 is 1.07 bits per heavy atom. The summed E-state index contributed by atoms with van der Waals surface area (Å²) >= 11 is 12.8. The molecule has 146 valence electrons. The number of amides is 2. The number of likely N-dealkylation sites (N-methyl/N-ethyl adjacent to an activating group) is 1. The average molecular weight is 417 g/mol. The van der Waals surface area contributed by atoms with Crippen LogP contribution in [0, 0.1) is 5.92 Å². The number of piperidine rings is 1. The minimum atomic E-state index is -0.157. The Balaban J connectivity index is 1.86. The molecule has 2 aromatic rings. The molecule has 2 heterocycles. The fourth-order valence-electron chi connectivity index (χ4n) is 4.27. The van der Waals surface area contributed by atoms with E-state index in [1.54, 1.807) is 6.07 Å². The van der Waals surface area contributed by atoms with E-state index in [1.807, 2.05) is 44.3 Å². The van der Waals surface area contributed by atoms with E-state index in [1.165, 1.54) is 4.90 Å². The number of para-hydroxylation sites is 1. The fourth-order valence-corrected chi connectivity index (χ4v) is 4.84. The SMILES string of the molecule is C[C@@H]1CCC(=O)N(c2ccccc2[C@@H]2CN(C)Cc3c(Cl)cc(Cl)cc32)C1=O. The van der Waals surface area contributed by atoms with Crippen molar-refractivity contribution in [2.45, 2.75) is 32.2 Å². The van der Waals surface area contributed by atoms with Crippen molar-refractivity contribution in [3.63, 3.8) is 0 Å². The average Bonchev–Trinajstić information content (AvgIpc) is 2.66. The number of anilines is 1. The number of hydrogen-bond donors (Lipinski definition) is 0. The monoisotopic (exact) mass is 416 g/mol. The molecule has 1 saturated heterocycles. The zero-order valence-electron chi connectivity index (χ0n) is 15.9. The Hall–Kier alpha value is -1.88. The highest BCUT2D eigenvalue weighted by Crippen LogP contribution is 2.42. The molecule has 0 radical (unpaired) electrons. The van der Waals surface area contributed by atoms with E-state index in [4.69, 9.17) is 23.2 Å². The molecule has 4 nitrogen and oxygen atoms in total. The largest absolute Gasteiger partial charge is 0.301 e. The van der Waals surface area contributed by atoms with E-state index in [0.29, 0.717) is 28.6 Å². The molecule has 2 aliphatic rings. The zero-order valence-corrected chi connectivity index (χ0v) is 17.4. The van der Waals surface area contributed by atoms with E-state index in [2.05, 4.69) is 4.90 Å². The van der Waals surface area contributed by atoms with Gasteiger partial charge in [-0.1, -0.05) is 48.3 Å². The summed E-state index contributed by atoms with van der Waals surface area (Å²) in [6.07, 6.45) is 0.997. The van der Waals surface area contributed by atoms with E-state index < -0.39 is 0 Å². The van der Waals surface area contributed by atoms with Crippen LogP contribution in [0.2, 0.25) is 10.0 Å². The van der Waals surface area contributed by atoms with E-state index in [9.17, 15) is 9.59 Å². The van der Waals surface area contributed by atoms with Gasteiger partial charge in [0.25, 0.3) is 0 Å². The second-order valence-corrected chi connectivity index (χ2v) is 8.61. The maximum atomic E-state index is 12.8. The van der Waals surface area contributed by atoms with Crippen molar-refractivity contribution in [2.75, 3.05) is 18.5 Å². The van der Waals surface area contributed by atoms with Crippen molar-refractivity contribution in [2.24, 2.45) is 5.92 Å². The molecule has 2 aromatic carbocycles. The molecule has 2 aliphatic heterocycles. The molecular formula is C22H22Cl2N2O2. The van der Waals surface area contributed by atoms with Crippen molar-refractivity contribution in [1.82, 2.24) is 4.90 Å². The molecule has 0 aliphatic carbocycles. The van der Waals surface area contributed by atoms with Crippen molar-refractivity contribution in [3.8, 4) is 0 Å². The highest BCUT2D eigenvalue weighted by atomic mass is 35.5. The molecule has 0 N–H and O–H groups in total. The lowest BCUT2D eigenvalue weighted by molar-refractivity contribution is -0.131. The van der Waals surface area contributed by atoms with Gasteiger partial charge < -0.3 is 4.90 Å². The van der Waals surface area contributed by atoms with Gasteiger partial charge in [-0.25, -0.2) is 0 Å². The minimum absolute atomic E-state index is 0.0287. The van der Waals surface area contributed by atoms with Gasteiger partial charge in [0, 0.05) is 41.4 Å². The van der Waals surface area contributed by atoms with Gasteiger partial charge in [0.15, 0.2) is 0 Å². The lowest BCUT2D eigenvalue weighted by Gasteiger charge is -2.36. The molecule has 0 spiro atoms. The molecule has 4 rings (SSSR count). The summed E-state index contributed by atoms with van der Waals surface area (Å²) in [6, 6.07) is 11.4. The third-order valence-corrected chi connectivity index (χ3v) is 6.28. The minimum Gasteiger partial charge on any atom is -0.301 e. The van der Waals surface area contributed by atoms with Gasteiger partial charge in [-0.2, -0.15) is 0 Å². The first-order valence-corrected chi connectivity index (χ1v) is 10.2. The van der Waals surface area contributed by atoms with Crippen molar-refractivity contribution in [3.05, 3.63) is 63.1 Å². The van der Waals surface area contributed by atoms with Crippen molar-refractivity contribution in [1.29, 1.82) is 0 Å². The Bertz CT molecular complexity index is 960. The normalized spacial score (nSPS) is 23.1. The maximum Gasteiger partial charge on any atom is 0.236 e. The van der Waals surface area contributed by atoms with Crippen LogP contribution in [0.15, 0.2) is 36.4 Å². The number of imide groups is 1. The van der Waals surface area contributed by atoms with Crippen LogP contribution in [0.1, 0.15) is 42.4 Å². The summed E-state index contributed by atoms with van der Waals surface area (Å²) in [5, 5.41) is 1.24. The molecular weight excluding hydrogens is 395 g/mol. The topological polar surface area (TPSA) is 40.6 Å². The van der Waals surface area contributed by atoms with E-state index in [-0.39, 0.29) is 23.7 Å². The predicted molar refractivity (Wildman–Crippen MR) is 112 cm³/mol. The highest BCUT2D eigenvalue weighted by molar-refractivity contribution is 6.35. The Morgan fingerprint density at radius 2 is 1.82 bits per heavy atom. The molecule has 2 amide bonds. The summed E-state index contributed by atoms with van der Waals surface area (Å²) < 4.78 is 0. The summed E-state index contributed by atoms with van der Waals surface area (Å²) in [5.41, 5.74) is 3.73. The number of carbonyl (C=O) groups is 2. The highest BCUT2D eigenvalue weighted by Gasteiger charge is 2.36. The van der Waals surface area contributed by atoms with E-state index >= 15 is 0 Å². The van der Waals surface area contributed by atoms with Crippen LogP contribution in [0.3, 0.4) is 0 Å². The fraction of sp³-hybridized carbons (Fsp3) is 0.364. The first-order valence-electron chi connectivity index (χ1n) is 9.49. The van der Waals surface area contributed by atoms with Crippen LogP contribution < -0.4 is 4.90 Å². The second-order valence-electron chi connectivity index (χ2n) is 7.77. The van der Waals surface area contributed by atoms with Gasteiger partial charge in [-0.3, -0.25) is 14.5 Å². The van der Waals surface area contributed by atoms with Crippen molar-refractivity contribution >= 4 is 40.7 Å². The van der Waals surface area contributed by atoms with Crippen LogP contribution in [0.4, 0.5) is 5.69 Å². The summed E-state index contributed by atoms with van der Waals surface area (Å²) in [6.45, 7) is 3.38. The molecule has 2 atom stereocenters.